The molecule has 320 valence electrons. The van der Waals surface area contributed by atoms with Crippen LogP contribution < -0.4 is 0 Å². The summed E-state index contributed by atoms with van der Waals surface area (Å²) in [5.41, 5.74) is 0. The van der Waals surface area contributed by atoms with E-state index in [0.717, 1.165) is 38.5 Å². The molecule has 1 unspecified atom stereocenters. The zero-order valence-corrected chi connectivity index (χ0v) is 36.3. The molecule has 0 aliphatic rings. The van der Waals surface area contributed by atoms with E-state index in [1.807, 2.05) is 54.7 Å². The number of allylic oxidation sites excluding steroid dienone is 18. The van der Waals surface area contributed by atoms with Crippen molar-refractivity contribution >= 4 is 17.9 Å². The number of rotatable bonds is 38. The van der Waals surface area contributed by atoms with Crippen LogP contribution in [-0.4, -0.2) is 37.2 Å². The minimum atomic E-state index is -0.845. The number of hydrogen-bond donors (Lipinski definition) is 0. The van der Waals surface area contributed by atoms with Crippen molar-refractivity contribution in [3.8, 4) is 0 Å². The van der Waals surface area contributed by atoms with Crippen LogP contribution in [0, 0.1) is 0 Å². The minimum absolute atomic E-state index is 0.140. The largest absolute Gasteiger partial charge is 0.462 e. The summed E-state index contributed by atoms with van der Waals surface area (Å²) < 4.78 is 16.5. The number of hydrogen-bond acceptors (Lipinski definition) is 6. The van der Waals surface area contributed by atoms with Gasteiger partial charge in [0, 0.05) is 19.3 Å². The summed E-state index contributed by atoms with van der Waals surface area (Å²) in [4.78, 5) is 37.6. The molecule has 0 saturated heterocycles. The van der Waals surface area contributed by atoms with Crippen molar-refractivity contribution in [3.05, 3.63) is 109 Å². The van der Waals surface area contributed by atoms with E-state index in [9.17, 15) is 14.4 Å². The summed E-state index contributed by atoms with van der Waals surface area (Å²) in [7, 11) is 0. The summed E-state index contributed by atoms with van der Waals surface area (Å²) in [6.45, 7) is 6.28. The number of ether oxygens (including phenoxy) is 3. The zero-order valence-electron chi connectivity index (χ0n) is 36.3. The lowest BCUT2D eigenvalue weighted by Gasteiger charge is -2.18. The Hall–Kier alpha value is -3.93. The standard InChI is InChI=1S/C51H80O6/c1-4-7-10-13-16-19-21-23-24-25-26-28-29-32-35-38-41-44-50(53)56-47-48(46-55-49(52)43-40-37-34-31-18-15-12-9-6-3)57-51(54)45-42-39-36-33-30-27-22-20-17-14-11-8-5-2/h8,11,14,17,20,22-24,26-28,30-36,48H,4-7,9-10,12-13,15-16,18-19,21,25,29,37-47H2,1-3H3/b11-8-,17-14-,22-20-,24-23-,28-26-,30-27-,34-31-,35-32-,36-33-. The van der Waals surface area contributed by atoms with Crippen molar-refractivity contribution in [2.45, 2.75) is 181 Å². The zero-order chi connectivity index (χ0) is 41.5. The van der Waals surface area contributed by atoms with Crippen LogP contribution in [0.2, 0.25) is 0 Å². The van der Waals surface area contributed by atoms with Crippen molar-refractivity contribution < 1.29 is 28.6 Å². The molecular formula is C51H80O6. The van der Waals surface area contributed by atoms with Crippen LogP contribution in [0.3, 0.4) is 0 Å². The highest BCUT2D eigenvalue weighted by Crippen LogP contribution is 2.10. The summed E-state index contributed by atoms with van der Waals surface area (Å²) in [5.74, 6) is -1.12. The van der Waals surface area contributed by atoms with Crippen molar-refractivity contribution in [2.75, 3.05) is 13.2 Å². The molecule has 0 aliphatic heterocycles. The third kappa shape index (κ3) is 43.0. The second kappa shape index (κ2) is 44.8. The van der Waals surface area contributed by atoms with Crippen LogP contribution >= 0.6 is 0 Å². The van der Waals surface area contributed by atoms with Gasteiger partial charge in [-0.15, -0.1) is 0 Å². The predicted molar refractivity (Wildman–Crippen MR) is 242 cm³/mol. The van der Waals surface area contributed by atoms with Gasteiger partial charge in [-0.05, 0) is 83.5 Å². The summed E-state index contributed by atoms with van der Waals surface area (Å²) in [6.07, 6.45) is 59.6. The second-order valence-electron chi connectivity index (χ2n) is 14.3. The molecule has 0 rings (SSSR count). The fourth-order valence-electron chi connectivity index (χ4n) is 5.49. The summed E-state index contributed by atoms with van der Waals surface area (Å²) in [6, 6.07) is 0. The van der Waals surface area contributed by atoms with E-state index in [0.29, 0.717) is 25.7 Å². The van der Waals surface area contributed by atoms with E-state index in [2.05, 4.69) is 75.5 Å². The Morgan fingerprint density at radius 3 is 1.26 bits per heavy atom. The number of carbonyl (C=O) groups is 3. The van der Waals surface area contributed by atoms with Crippen molar-refractivity contribution in [3.63, 3.8) is 0 Å². The van der Waals surface area contributed by atoms with Crippen LogP contribution in [0.15, 0.2) is 109 Å². The Labute approximate surface area is 349 Å². The molecule has 0 aliphatic carbocycles. The molecule has 0 aromatic carbocycles. The Morgan fingerprint density at radius 1 is 0.386 bits per heavy atom. The molecule has 0 heterocycles. The topological polar surface area (TPSA) is 78.9 Å². The van der Waals surface area contributed by atoms with Crippen LogP contribution in [0.5, 0.6) is 0 Å². The van der Waals surface area contributed by atoms with Gasteiger partial charge in [-0.2, -0.15) is 0 Å². The molecule has 0 radical (unpaired) electrons. The Bertz CT molecular complexity index is 1230. The molecule has 0 N–H and O–H groups in total. The molecule has 0 aromatic heterocycles. The summed E-state index contributed by atoms with van der Waals surface area (Å²) in [5, 5.41) is 0. The highest BCUT2D eigenvalue weighted by molar-refractivity contribution is 5.71. The maximum Gasteiger partial charge on any atom is 0.306 e. The Balaban J connectivity index is 4.59. The van der Waals surface area contributed by atoms with E-state index in [-0.39, 0.29) is 44.4 Å². The molecule has 57 heavy (non-hydrogen) atoms. The van der Waals surface area contributed by atoms with Crippen LogP contribution in [0.25, 0.3) is 0 Å². The van der Waals surface area contributed by atoms with Gasteiger partial charge in [-0.1, -0.05) is 182 Å². The maximum atomic E-state index is 12.7. The number of esters is 3. The van der Waals surface area contributed by atoms with E-state index in [1.165, 1.54) is 70.6 Å². The molecule has 0 amide bonds. The van der Waals surface area contributed by atoms with Crippen LogP contribution in [-0.2, 0) is 28.6 Å². The summed E-state index contributed by atoms with van der Waals surface area (Å²) >= 11 is 0. The molecular weight excluding hydrogens is 709 g/mol. The van der Waals surface area contributed by atoms with E-state index >= 15 is 0 Å². The van der Waals surface area contributed by atoms with Crippen molar-refractivity contribution in [2.24, 2.45) is 0 Å². The Morgan fingerprint density at radius 2 is 0.754 bits per heavy atom. The molecule has 1 atom stereocenters. The normalized spacial score (nSPS) is 13.1. The molecule has 0 aromatic rings. The molecule has 0 saturated carbocycles. The lowest BCUT2D eigenvalue weighted by Crippen LogP contribution is -2.30. The van der Waals surface area contributed by atoms with Gasteiger partial charge in [0.15, 0.2) is 6.10 Å². The first kappa shape index (κ1) is 53.1. The van der Waals surface area contributed by atoms with Gasteiger partial charge in [0.25, 0.3) is 0 Å². The van der Waals surface area contributed by atoms with Crippen LogP contribution in [0.4, 0.5) is 0 Å². The van der Waals surface area contributed by atoms with Crippen molar-refractivity contribution in [1.29, 1.82) is 0 Å². The van der Waals surface area contributed by atoms with E-state index < -0.39 is 12.1 Å². The lowest BCUT2D eigenvalue weighted by atomic mass is 10.1. The third-order valence-electron chi connectivity index (χ3n) is 8.86. The van der Waals surface area contributed by atoms with Gasteiger partial charge in [0.1, 0.15) is 13.2 Å². The van der Waals surface area contributed by atoms with E-state index in [1.54, 1.807) is 0 Å². The average molecular weight is 789 g/mol. The highest BCUT2D eigenvalue weighted by atomic mass is 16.6. The molecule has 0 fully saturated rings. The monoisotopic (exact) mass is 789 g/mol. The first-order valence-corrected chi connectivity index (χ1v) is 22.5. The number of carbonyl (C=O) groups excluding carboxylic acids is 3. The van der Waals surface area contributed by atoms with Gasteiger partial charge < -0.3 is 14.2 Å². The van der Waals surface area contributed by atoms with Gasteiger partial charge in [0.05, 0.1) is 0 Å². The third-order valence-corrected chi connectivity index (χ3v) is 8.86. The second-order valence-corrected chi connectivity index (χ2v) is 14.3. The van der Waals surface area contributed by atoms with Gasteiger partial charge in [0.2, 0.25) is 0 Å². The SMILES string of the molecule is CC\C=C/C=C\C=C/C=C\C=C/CCCC(=O)OC(COC(=O)CCC/C=C\C/C=C\C/C=C\CCCCCCCC)COC(=O)CCC/C=C\CCCCCC. The maximum absolute atomic E-state index is 12.7. The minimum Gasteiger partial charge on any atom is -0.462 e. The van der Waals surface area contributed by atoms with Gasteiger partial charge in [-0.25, -0.2) is 0 Å². The van der Waals surface area contributed by atoms with Gasteiger partial charge >= 0.3 is 17.9 Å². The smallest absolute Gasteiger partial charge is 0.306 e. The fourth-order valence-corrected chi connectivity index (χ4v) is 5.49. The van der Waals surface area contributed by atoms with Crippen molar-refractivity contribution in [1.82, 2.24) is 0 Å². The molecule has 6 heteroatoms. The van der Waals surface area contributed by atoms with Gasteiger partial charge in [-0.3, -0.25) is 14.4 Å². The Kier molecular flexibility index (Phi) is 41.7. The van der Waals surface area contributed by atoms with Crippen LogP contribution in [0.1, 0.15) is 175 Å². The predicted octanol–water partition coefficient (Wildman–Crippen LogP) is 14.4. The molecule has 6 nitrogen and oxygen atoms in total. The number of unbranched alkanes of at least 4 members (excludes halogenated alkanes) is 13. The first-order chi connectivity index (χ1) is 28.0. The average Bonchev–Trinajstić information content (AvgIpc) is 3.21. The quantitative estimate of drug-likeness (QED) is 0.0204. The molecule has 0 spiro atoms. The van der Waals surface area contributed by atoms with E-state index in [4.69, 9.17) is 14.2 Å². The molecule has 0 bridgehead atoms. The lowest BCUT2D eigenvalue weighted by molar-refractivity contribution is -0.166. The highest BCUT2D eigenvalue weighted by Gasteiger charge is 2.19. The fraction of sp³-hybridized carbons (Fsp3) is 0.588. The first-order valence-electron chi connectivity index (χ1n) is 22.5.